The van der Waals surface area contributed by atoms with Crippen LogP contribution in [0.2, 0.25) is 0 Å². The van der Waals surface area contributed by atoms with Gasteiger partial charge in [-0.25, -0.2) is 4.68 Å². The molecule has 3 heterocycles. The first-order chi connectivity index (χ1) is 15.0. The molecule has 1 aliphatic rings. The number of hydrogen-bond acceptors (Lipinski definition) is 4. The van der Waals surface area contributed by atoms with Crippen molar-refractivity contribution in [3.05, 3.63) is 70.6 Å². The lowest BCUT2D eigenvalue weighted by molar-refractivity contribution is -0.132. The lowest BCUT2D eigenvalue weighted by atomic mass is 10.1. The zero-order valence-electron chi connectivity index (χ0n) is 17.7. The molecule has 1 unspecified atom stereocenters. The van der Waals surface area contributed by atoms with Crippen LogP contribution in [0.3, 0.4) is 0 Å². The molecule has 31 heavy (non-hydrogen) atoms. The molecule has 7 nitrogen and oxygen atoms in total. The van der Waals surface area contributed by atoms with Crippen LogP contribution in [0.15, 0.2) is 59.5 Å². The summed E-state index contributed by atoms with van der Waals surface area (Å²) >= 11 is 0. The number of nitrogens with zero attached hydrogens (tertiary/aromatic N) is 4. The largest absolute Gasteiger partial charge is 0.365 e. The summed E-state index contributed by atoms with van der Waals surface area (Å²) in [4.78, 5) is 33.2. The number of aryl methyl sites for hydroxylation is 1. The highest BCUT2D eigenvalue weighted by Crippen LogP contribution is 2.23. The maximum atomic E-state index is 13.0. The molecule has 2 aromatic carbocycles. The second kappa shape index (κ2) is 7.58. The van der Waals surface area contributed by atoms with Gasteiger partial charge in [0.2, 0.25) is 5.91 Å². The SMILES string of the molecule is Cc1cccc(N2CCN(C(=O)Cn3ncc4c([nH]c5ccccc54)c3=O)CC2C)c1. The molecule has 158 valence electrons. The minimum Gasteiger partial charge on any atom is -0.365 e. The lowest BCUT2D eigenvalue weighted by Gasteiger charge is -2.41. The van der Waals surface area contributed by atoms with Crippen LogP contribution in [0.25, 0.3) is 21.8 Å². The average molecular weight is 415 g/mol. The standard InChI is InChI=1S/C24H25N5O2/c1-16-6-5-7-18(12-16)28-11-10-27(14-17(28)2)22(30)15-29-24(31)23-20(13-25-29)19-8-3-4-9-21(19)26-23/h3-9,12-13,17,26H,10-11,14-15H2,1-2H3. The first kappa shape index (κ1) is 19.4. The normalized spacial score (nSPS) is 16.9. The summed E-state index contributed by atoms with van der Waals surface area (Å²) in [6.07, 6.45) is 1.67. The third kappa shape index (κ3) is 3.46. The van der Waals surface area contributed by atoms with Crippen molar-refractivity contribution in [3.8, 4) is 0 Å². The summed E-state index contributed by atoms with van der Waals surface area (Å²) in [5.41, 5.74) is 3.51. The van der Waals surface area contributed by atoms with E-state index >= 15 is 0 Å². The van der Waals surface area contributed by atoms with Crippen LogP contribution in [-0.2, 0) is 11.3 Å². The number of anilines is 1. The molecular weight excluding hydrogens is 390 g/mol. The summed E-state index contributed by atoms with van der Waals surface area (Å²) in [5.74, 6) is -0.0826. The van der Waals surface area contributed by atoms with Crippen LogP contribution in [0.5, 0.6) is 0 Å². The van der Waals surface area contributed by atoms with Crippen molar-refractivity contribution in [2.45, 2.75) is 26.4 Å². The van der Waals surface area contributed by atoms with Gasteiger partial charge in [0.1, 0.15) is 12.1 Å². The molecule has 2 aromatic heterocycles. The van der Waals surface area contributed by atoms with Crippen molar-refractivity contribution < 1.29 is 4.79 Å². The quantitative estimate of drug-likeness (QED) is 0.558. The minimum atomic E-state index is -0.270. The highest BCUT2D eigenvalue weighted by molar-refractivity contribution is 6.06. The smallest absolute Gasteiger partial charge is 0.291 e. The molecule has 5 rings (SSSR count). The molecule has 0 aliphatic carbocycles. The summed E-state index contributed by atoms with van der Waals surface area (Å²) in [5, 5.41) is 6.02. The summed E-state index contributed by atoms with van der Waals surface area (Å²) in [6.45, 7) is 6.17. The Labute approximate surface area is 179 Å². The number of carbonyl (C=O) groups excluding carboxylic acids is 1. The van der Waals surface area contributed by atoms with Crippen molar-refractivity contribution in [1.29, 1.82) is 0 Å². The highest BCUT2D eigenvalue weighted by atomic mass is 16.2. The van der Waals surface area contributed by atoms with Gasteiger partial charge in [0.15, 0.2) is 0 Å². The van der Waals surface area contributed by atoms with Crippen molar-refractivity contribution in [2.75, 3.05) is 24.5 Å². The zero-order valence-corrected chi connectivity index (χ0v) is 17.7. The molecule has 1 saturated heterocycles. The number of carbonyl (C=O) groups is 1. The number of hydrogen-bond donors (Lipinski definition) is 1. The molecule has 0 spiro atoms. The van der Waals surface area contributed by atoms with Crippen molar-refractivity contribution >= 4 is 33.4 Å². The predicted molar refractivity (Wildman–Crippen MR) is 122 cm³/mol. The van der Waals surface area contributed by atoms with Crippen LogP contribution >= 0.6 is 0 Å². The van der Waals surface area contributed by atoms with E-state index in [0.717, 1.165) is 22.8 Å². The number of para-hydroxylation sites is 1. The molecule has 4 aromatic rings. The number of amides is 1. The summed E-state index contributed by atoms with van der Waals surface area (Å²) in [6, 6.07) is 16.4. The van der Waals surface area contributed by atoms with Gasteiger partial charge in [-0.3, -0.25) is 9.59 Å². The molecule has 1 N–H and O–H groups in total. The average Bonchev–Trinajstić information content (AvgIpc) is 3.15. The van der Waals surface area contributed by atoms with Gasteiger partial charge >= 0.3 is 0 Å². The summed E-state index contributed by atoms with van der Waals surface area (Å²) in [7, 11) is 0. The number of benzene rings is 2. The Hall–Kier alpha value is -3.61. The maximum Gasteiger partial charge on any atom is 0.291 e. The fourth-order valence-electron chi connectivity index (χ4n) is 4.49. The van der Waals surface area contributed by atoms with E-state index in [0.29, 0.717) is 18.6 Å². The number of aromatic nitrogens is 3. The molecule has 1 amide bonds. The Morgan fingerprint density at radius 3 is 2.77 bits per heavy atom. The summed E-state index contributed by atoms with van der Waals surface area (Å²) < 4.78 is 1.26. The van der Waals surface area contributed by atoms with Crippen LogP contribution in [0, 0.1) is 6.92 Å². The second-order valence-corrected chi connectivity index (χ2v) is 8.29. The second-order valence-electron chi connectivity index (χ2n) is 8.29. The van der Waals surface area contributed by atoms with E-state index in [9.17, 15) is 9.59 Å². The number of fused-ring (bicyclic) bond motifs is 3. The minimum absolute atomic E-state index is 0.0543. The van der Waals surface area contributed by atoms with Gasteiger partial charge in [0, 0.05) is 47.7 Å². The molecule has 0 saturated carbocycles. The van der Waals surface area contributed by atoms with Crippen LogP contribution in [0.1, 0.15) is 12.5 Å². The molecule has 1 fully saturated rings. The van der Waals surface area contributed by atoms with E-state index < -0.39 is 0 Å². The van der Waals surface area contributed by atoms with Gasteiger partial charge in [0.05, 0.1) is 6.20 Å². The predicted octanol–water partition coefficient (Wildman–Crippen LogP) is 2.92. The van der Waals surface area contributed by atoms with E-state index in [2.05, 4.69) is 53.1 Å². The fourth-order valence-corrected chi connectivity index (χ4v) is 4.49. The van der Waals surface area contributed by atoms with Gasteiger partial charge in [-0.15, -0.1) is 0 Å². The number of piperazine rings is 1. The van der Waals surface area contributed by atoms with E-state index in [4.69, 9.17) is 0 Å². The fraction of sp³-hybridized carbons (Fsp3) is 0.292. The van der Waals surface area contributed by atoms with Crippen LogP contribution in [-0.4, -0.2) is 51.2 Å². The topological polar surface area (TPSA) is 74.2 Å². The first-order valence-electron chi connectivity index (χ1n) is 10.6. The lowest BCUT2D eigenvalue weighted by Crippen LogP contribution is -2.54. The van der Waals surface area contributed by atoms with Crippen molar-refractivity contribution in [1.82, 2.24) is 19.7 Å². The number of rotatable bonds is 3. The Morgan fingerprint density at radius 2 is 1.97 bits per heavy atom. The van der Waals surface area contributed by atoms with Gasteiger partial charge in [-0.05, 0) is 37.6 Å². The third-order valence-corrected chi connectivity index (χ3v) is 6.12. The van der Waals surface area contributed by atoms with Crippen molar-refractivity contribution in [2.24, 2.45) is 0 Å². The molecular formula is C24H25N5O2. The molecule has 0 bridgehead atoms. The van der Waals surface area contributed by atoms with E-state index in [1.165, 1.54) is 15.9 Å². The first-order valence-corrected chi connectivity index (χ1v) is 10.6. The Balaban J connectivity index is 1.34. The molecule has 1 aliphatic heterocycles. The molecule has 7 heteroatoms. The Morgan fingerprint density at radius 1 is 1.13 bits per heavy atom. The maximum absolute atomic E-state index is 13.0. The Bertz CT molecular complexity index is 1340. The number of aromatic amines is 1. The van der Waals surface area contributed by atoms with Gasteiger partial charge < -0.3 is 14.8 Å². The monoisotopic (exact) mass is 415 g/mol. The van der Waals surface area contributed by atoms with Crippen LogP contribution in [0.4, 0.5) is 5.69 Å². The van der Waals surface area contributed by atoms with Gasteiger partial charge in [0.25, 0.3) is 5.56 Å². The van der Waals surface area contributed by atoms with E-state index in [1.807, 2.05) is 29.2 Å². The van der Waals surface area contributed by atoms with Crippen molar-refractivity contribution in [3.63, 3.8) is 0 Å². The van der Waals surface area contributed by atoms with Gasteiger partial charge in [-0.2, -0.15) is 5.10 Å². The zero-order chi connectivity index (χ0) is 21.5. The number of H-pyrrole nitrogens is 1. The molecule has 0 radical (unpaired) electrons. The molecule has 1 atom stereocenters. The van der Waals surface area contributed by atoms with E-state index in [-0.39, 0.29) is 24.1 Å². The van der Waals surface area contributed by atoms with E-state index in [1.54, 1.807) is 6.20 Å². The number of nitrogens with one attached hydrogen (secondary N) is 1. The third-order valence-electron chi connectivity index (χ3n) is 6.12. The van der Waals surface area contributed by atoms with Crippen LogP contribution < -0.4 is 10.5 Å². The highest BCUT2D eigenvalue weighted by Gasteiger charge is 2.27. The van der Waals surface area contributed by atoms with Gasteiger partial charge in [-0.1, -0.05) is 30.3 Å². The Kier molecular flexibility index (Phi) is 4.73.